The van der Waals surface area contributed by atoms with Gasteiger partial charge in [-0.2, -0.15) is 13.2 Å². The number of amides is 3. The first-order valence-electron chi connectivity index (χ1n) is 9.04. The molecule has 27 heavy (non-hydrogen) atoms. The predicted octanol–water partition coefficient (Wildman–Crippen LogP) is 3.67. The molecule has 1 aromatic rings. The summed E-state index contributed by atoms with van der Waals surface area (Å²) in [5, 5.41) is 2.86. The topological polar surface area (TPSA) is 52.7 Å². The lowest BCUT2D eigenvalue weighted by Gasteiger charge is -2.27. The standard InChI is InChI=1S/C19H26F3N3O2/c1-13(2)11-16(14-5-4-6-15(12-14)19(20,21)22)23-18(27)25-8-7-17(26)24(3)9-10-25/h4-6,12-13,16H,7-11H2,1-3H3,(H,23,27). The second-order valence-corrected chi connectivity index (χ2v) is 7.31. The van der Waals surface area contributed by atoms with E-state index in [0.29, 0.717) is 31.6 Å². The Morgan fingerprint density at radius 1 is 1.22 bits per heavy atom. The van der Waals surface area contributed by atoms with Crippen LogP contribution in [0.3, 0.4) is 0 Å². The van der Waals surface area contributed by atoms with Crippen molar-refractivity contribution in [1.82, 2.24) is 15.1 Å². The van der Waals surface area contributed by atoms with Gasteiger partial charge in [0.05, 0.1) is 11.6 Å². The molecule has 3 amide bonds. The van der Waals surface area contributed by atoms with Crippen LogP contribution in [0.1, 0.15) is 43.9 Å². The third kappa shape index (κ3) is 5.87. The largest absolute Gasteiger partial charge is 0.416 e. The molecule has 1 saturated heterocycles. The summed E-state index contributed by atoms with van der Waals surface area (Å²) in [6.07, 6.45) is -3.68. The van der Waals surface area contributed by atoms with Gasteiger partial charge in [-0.15, -0.1) is 0 Å². The van der Waals surface area contributed by atoms with Crippen molar-refractivity contribution >= 4 is 11.9 Å². The Kier molecular flexibility index (Phi) is 6.73. The number of halogens is 3. The van der Waals surface area contributed by atoms with Crippen molar-refractivity contribution in [3.63, 3.8) is 0 Å². The molecule has 1 heterocycles. The Hall–Kier alpha value is -2.25. The fourth-order valence-corrected chi connectivity index (χ4v) is 3.05. The van der Waals surface area contributed by atoms with Crippen LogP contribution >= 0.6 is 0 Å². The highest BCUT2D eigenvalue weighted by Gasteiger charge is 2.31. The second-order valence-electron chi connectivity index (χ2n) is 7.31. The van der Waals surface area contributed by atoms with Gasteiger partial charge in [0.15, 0.2) is 0 Å². The summed E-state index contributed by atoms with van der Waals surface area (Å²) in [5.41, 5.74) is -0.306. The van der Waals surface area contributed by atoms with Gasteiger partial charge in [-0.25, -0.2) is 4.79 Å². The van der Waals surface area contributed by atoms with Gasteiger partial charge in [0.1, 0.15) is 0 Å². The van der Waals surface area contributed by atoms with Crippen molar-refractivity contribution in [2.75, 3.05) is 26.7 Å². The number of carbonyl (C=O) groups is 2. The molecule has 1 aliphatic rings. The van der Waals surface area contributed by atoms with Crippen LogP contribution in [-0.4, -0.2) is 48.4 Å². The Labute approximate surface area is 157 Å². The van der Waals surface area contributed by atoms with Gasteiger partial charge in [-0.3, -0.25) is 4.79 Å². The summed E-state index contributed by atoms with van der Waals surface area (Å²) in [4.78, 5) is 27.6. The maximum atomic E-state index is 13.0. The maximum Gasteiger partial charge on any atom is 0.416 e. The lowest BCUT2D eigenvalue weighted by Crippen LogP contribution is -2.43. The van der Waals surface area contributed by atoms with Crippen molar-refractivity contribution < 1.29 is 22.8 Å². The molecule has 0 aromatic heterocycles. The molecule has 0 bridgehead atoms. The monoisotopic (exact) mass is 385 g/mol. The van der Waals surface area contributed by atoms with Gasteiger partial charge in [0.2, 0.25) is 5.91 Å². The number of nitrogens with zero attached hydrogens (tertiary/aromatic N) is 2. The number of hydrogen-bond donors (Lipinski definition) is 1. The summed E-state index contributed by atoms with van der Waals surface area (Å²) in [5.74, 6) is 0.156. The van der Waals surface area contributed by atoms with Crippen molar-refractivity contribution in [3.05, 3.63) is 35.4 Å². The molecule has 1 fully saturated rings. The van der Waals surface area contributed by atoms with E-state index >= 15 is 0 Å². The third-order valence-corrected chi connectivity index (χ3v) is 4.64. The van der Waals surface area contributed by atoms with Crippen molar-refractivity contribution in [1.29, 1.82) is 0 Å². The first-order chi connectivity index (χ1) is 12.6. The maximum absolute atomic E-state index is 13.0. The van der Waals surface area contributed by atoms with Crippen molar-refractivity contribution in [2.24, 2.45) is 5.92 Å². The van der Waals surface area contributed by atoms with E-state index in [2.05, 4.69) is 5.32 Å². The number of alkyl halides is 3. The molecule has 0 spiro atoms. The number of carbonyl (C=O) groups excluding carboxylic acids is 2. The van der Waals surface area contributed by atoms with E-state index in [4.69, 9.17) is 0 Å². The Morgan fingerprint density at radius 2 is 1.93 bits per heavy atom. The Bertz CT molecular complexity index is 676. The van der Waals surface area contributed by atoms with Gasteiger partial charge in [0, 0.05) is 33.1 Å². The van der Waals surface area contributed by atoms with Gasteiger partial charge >= 0.3 is 12.2 Å². The quantitative estimate of drug-likeness (QED) is 0.860. The molecule has 0 radical (unpaired) electrons. The highest BCUT2D eigenvalue weighted by molar-refractivity contribution is 5.79. The fraction of sp³-hybridized carbons (Fsp3) is 0.579. The molecule has 2 rings (SSSR count). The zero-order valence-electron chi connectivity index (χ0n) is 15.8. The minimum atomic E-state index is -4.43. The minimum absolute atomic E-state index is 0.0260. The summed E-state index contributed by atoms with van der Waals surface area (Å²) in [7, 11) is 1.69. The number of likely N-dealkylation sites (N-methyl/N-ethyl adjacent to an activating group) is 1. The third-order valence-electron chi connectivity index (χ3n) is 4.64. The number of nitrogens with one attached hydrogen (secondary N) is 1. The Morgan fingerprint density at radius 3 is 2.56 bits per heavy atom. The van der Waals surface area contributed by atoms with Crippen LogP contribution in [0.4, 0.5) is 18.0 Å². The molecular weight excluding hydrogens is 359 g/mol. The zero-order chi connectivity index (χ0) is 20.2. The summed E-state index contributed by atoms with van der Waals surface area (Å²) < 4.78 is 39.1. The zero-order valence-corrected chi connectivity index (χ0v) is 15.8. The van der Waals surface area contributed by atoms with Crippen LogP contribution in [-0.2, 0) is 11.0 Å². The SMILES string of the molecule is CC(C)CC(NC(=O)N1CCC(=O)N(C)CC1)c1cccc(C(F)(F)F)c1. The highest BCUT2D eigenvalue weighted by Crippen LogP contribution is 2.32. The molecule has 1 aromatic carbocycles. The molecule has 150 valence electrons. The summed E-state index contributed by atoms with van der Waals surface area (Å²) >= 11 is 0. The number of hydrogen-bond acceptors (Lipinski definition) is 2. The molecule has 1 unspecified atom stereocenters. The van der Waals surface area contributed by atoms with Crippen LogP contribution < -0.4 is 5.32 Å². The average Bonchev–Trinajstić information content (AvgIpc) is 2.75. The van der Waals surface area contributed by atoms with E-state index in [1.807, 2.05) is 13.8 Å². The van der Waals surface area contributed by atoms with E-state index in [1.54, 1.807) is 22.9 Å². The smallest absolute Gasteiger partial charge is 0.344 e. The van der Waals surface area contributed by atoms with E-state index in [-0.39, 0.29) is 24.3 Å². The molecule has 1 atom stereocenters. The molecule has 0 saturated carbocycles. The van der Waals surface area contributed by atoms with E-state index in [9.17, 15) is 22.8 Å². The predicted molar refractivity (Wildman–Crippen MR) is 96.0 cm³/mol. The van der Waals surface area contributed by atoms with Crippen LogP contribution in [0.25, 0.3) is 0 Å². The van der Waals surface area contributed by atoms with Gasteiger partial charge < -0.3 is 15.1 Å². The van der Waals surface area contributed by atoms with E-state index in [0.717, 1.165) is 12.1 Å². The summed E-state index contributed by atoms with van der Waals surface area (Å²) in [6.45, 7) is 5.03. The number of benzene rings is 1. The van der Waals surface area contributed by atoms with E-state index in [1.165, 1.54) is 6.07 Å². The van der Waals surface area contributed by atoms with Gasteiger partial charge in [0.25, 0.3) is 0 Å². The number of rotatable bonds is 4. The second kappa shape index (κ2) is 8.63. The van der Waals surface area contributed by atoms with E-state index < -0.39 is 17.8 Å². The first kappa shape index (κ1) is 21.1. The first-order valence-corrected chi connectivity index (χ1v) is 9.04. The minimum Gasteiger partial charge on any atom is -0.344 e. The van der Waals surface area contributed by atoms with Crippen LogP contribution in [0, 0.1) is 5.92 Å². The molecule has 5 nitrogen and oxygen atoms in total. The molecule has 0 aliphatic carbocycles. The lowest BCUT2D eigenvalue weighted by atomic mass is 9.95. The summed E-state index contributed by atoms with van der Waals surface area (Å²) in [6, 6.07) is 4.18. The molecule has 1 N–H and O–H groups in total. The van der Waals surface area contributed by atoms with Crippen molar-refractivity contribution in [2.45, 2.75) is 38.9 Å². The number of urea groups is 1. The van der Waals surface area contributed by atoms with Gasteiger partial charge in [-0.05, 0) is 30.0 Å². The fourth-order valence-electron chi connectivity index (χ4n) is 3.05. The van der Waals surface area contributed by atoms with Crippen LogP contribution in [0.5, 0.6) is 0 Å². The normalized spacial score (nSPS) is 17.1. The van der Waals surface area contributed by atoms with Gasteiger partial charge in [-0.1, -0.05) is 26.0 Å². The average molecular weight is 385 g/mol. The lowest BCUT2D eigenvalue weighted by molar-refractivity contribution is -0.137. The Balaban J connectivity index is 2.17. The molecule has 8 heteroatoms. The van der Waals surface area contributed by atoms with Crippen LogP contribution in [0.2, 0.25) is 0 Å². The highest BCUT2D eigenvalue weighted by atomic mass is 19.4. The molecule has 1 aliphatic heterocycles. The van der Waals surface area contributed by atoms with Crippen molar-refractivity contribution in [3.8, 4) is 0 Å². The van der Waals surface area contributed by atoms with Crippen LogP contribution in [0.15, 0.2) is 24.3 Å². The molecular formula is C19H26F3N3O2.